The summed E-state index contributed by atoms with van der Waals surface area (Å²) >= 11 is 0. The van der Waals surface area contributed by atoms with E-state index in [2.05, 4.69) is 15.2 Å². The van der Waals surface area contributed by atoms with Gasteiger partial charge in [0.2, 0.25) is 11.8 Å². The summed E-state index contributed by atoms with van der Waals surface area (Å²) in [5.41, 5.74) is 10.1. The third-order valence-electron chi connectivity index (χ3n) is 1.53. The normalized spacial score (nSPS) is 10.5. The van der Waals surface area contributed by atoms with Crippen molar-refractivity contribution in [3.63, 3.8) is 0 Å². The summed E-state index contributed by atoms with van der Waals surface area (Å²) in [6, 6.07) is 0. The zero-order chi connectivity index (χ0) is 11.4. The Balaban J connectivity index is 2.93. The van der Waals surface area contributed by atoms with Gasteiger partial charge in [-0.25, -0.2) is 9.55 Å². The minimum absolute atomic E-state index is 0.138. The highest BCUT2D eigenvalue weighted by atomic mass is 16.6. The minimum Gasteiger partial charge on any atom is -0.369 e. The summed E-state index contributed by atoms with van der Waals surface area (Å²) in [6.45, 7) is 0. The molecular weight excluding hydrogens is 202 g/mol. The van der Waals surface area contributed by atoms with Gasteiger partial charge in [-0.2, -0.15) is 0 Å². The largest absolute Gasteiger partial charge is 0.369 e. The molecule has 1 rings (SSSR count). The maximum absolute atomic E-state index is 10.4. The van der Waals surface area contributed by atoms with E-state index in [1.807, 2.05) is 0 Å². The standard InChI is InChI=1S/C6H9N7O2/c1-12-4(2-10-11-6(7)8)9-3-5(12)13(14)15/h2-3H,1H3,(H4,7,8,11). The summed E-state index contributed by atoms with van der Waals surface area (Å²) in [4.78, 5) is 13.7. The third-order valence-corrected chi connectivity index (χ3v) is 1.53. The number of nitrogens with two attached hydrogens (primary N) is 2. The average molecular weight is 211 g/mol. The van der Waals surface area contributed by atoms with Gasteiger partial charge >= 0.3 is 5.82 Å². The van der Waals surface area contributed by atoms with Crippen molar-refractivity contribution in [1.29, 1.82) is 0 Å². The molecule has 0 unspecified atom stereocenters. The molecule has 0 bridgehead atoms. The molecule has 0 atom stereocenters. The molecule has 9 heteroatoms. The Hall–Kier alpha value is -2.45. The number of nitro groups is 1. The number of hydrogen-bond acceptors (Lipinski definition) is 5. The van der Waals surface area contributed by atoms with E-state index >= 15 is 0 Å². The van der Waals surface area contributed by atoms with E-state index in [-0.39, 0.29) is 17.6 Å². The fourth-order valence-corrected chi connectivity index (χ4v) is 0.851. The number of guanidine groups is 1. The van der Waals surface area contributed by atoms with Crippen LogP contribution in [0.3, 0.4) is 0 Å². The third kappa shape index (κ3) is 2.49. The van der Waals surface area contributed by atoms with Crippen molar-refractivity contribution >= 4 is 18.0 Å². The number of aromatic nitrogens is 2. The van der Waals surface area contributed by atoms with Crippen LogP contribution in [0.2, 0.25) is 0 Å². The highest BCUT2D eigenvalue weighted by Crippen LogP contribution is 2.09. The van der Waals surface area contributed by atoms with Crippen LogP contribution in [-0.4, -0.2) is 26.6 Å². The van der Waals surface area contributed by atoms with E-state index < -0.39 is 4.92 Å². The Morgan fingerprint density at radius 1 is 1.73 bits per heavy atom. The number of imidazole rings is 1. The lowest BCUT2D eigenvalue weighted by Crippen LogP contribution is -2.21. The fraction of sp³-hybridized carbons (Fsp3) is 0.167. The Morgan fingerprint density at radius 2 is 2.40 bits per heavy atom. The molecule has 0 saturated heterocycles. The molecule has 15 heavy (non-hydrogen) atoms. The molecule has 0 saturated carbocycles. The predicted octanol–water partition coefficient (Wildman–Crippen LogP) is -1.06. The SMILES string of the molecule is Cn1c([N+](=O)[O-])cnc1C=NN=C(N)N. The first-order valence-electron chi connectivity index (χ1n) is 3.80. The topological polar surface area (TPSA) is 138 Å². The van der Waals surface area contributed by atoms with Crippen LogP contribution in [0.5, 0.6) is 0 Å². The Kier molecular flexibility index (Phi) is 2.96. The molecule has 1 aromatic heterocycles. The maximum Gasteiger partial charge on any atom is 0.342 e. The molecule has 80 valence electrons. The molecule has 9 nitrogen and oxygen atoms in total. The van der Waals surface area contributed by atoms with E-state index in [0.717, 1.165) is 6.20 Å². The zero-order valence-electron chi connectivity index (χ0n) is 7.86. The van der Waals surface area contributed by atoms with Gasteiger partial charge in [0.05, 0.1) is 7.05 Å². The molecule has 1 heterocycles. The van der Waals surface area contributed by atoms with E-state index in [4.69, 9.17) is 11.5 Å². The second-order valence-corrected chi connectivity index (χ2v) is 2.56. The van der Waals surface area contributed by atoms with Crippen LogP contribution in [0.1, 0.15) is 5.82 Å². The van der Waals surface area contributed by atoms with E-state index in [1.165, 1.54) is 17.8 Å². The van der Waals surface area contributed by atoms with E-state index in [1.54, 1.807) is 0 Å². The predicted molar refractivity (Wildman–Crippen MR) is 53.3 cm³/mol. The zero-order valence-corrected chi connectivity index (χ0v) is 7.86. The second-order valence-electron chi connectivity index (χ2n) is 2.56. The number of hydrogen-bond donors (Lipinski definition) is 2. The smallest absolute Gasteiger partial charge is 0.342 e. The molecule has 0 fully saturated rings. The average Bonchev–Trinajstić information content (AvgIpc) is 2.47. The molecule has 0 radical (unpaired) electrons. The van der Waals surface area contributed by atoms with Gasteiger partial charge in [0.1, 0.15) is 12.4 Å². The first kappa shape index (κ1) is 10.6. The fourth-order valence-electron chi connectivity index (χ4n) is 0.851. The van der Waals surface area contributed by atoms with Gasteiger partial charge in [-0.15, -0.1) is 10.2 Å². The molecule has 0 aliphatic heterocycles. The quantitative estimate of drug-likeness (QED) is 0.284. The Bertz CT molecular complexity index is 429. The van der Waals surface area contributed by atoms with Gasteiger partial charge in [-0.3, -0.25) is 0 Å². The highest BCUT2D eigenvalue weighted by Gasteiger charge is 2.14. The number of rotatable bonds is 3. The molecule has 4 N–H and O–H groups in total. The molecular formula is C6H9N7O2. The number of nitrogens with zero attached hydrogens (tertiary/aromatic N) is 5. The molecule has 0 aliphatic carbocycles. The van der Waals surface area contributed by atoms with Gasteiger partial charge in [-0.05, 0) is 4.92 Å². The van der Waals surface area contributed by atoms with E-state index in [0.29, 0.717) is 0 Å². The monoisotopic (exact) mass is 211 g/mol. The lowest BCUT2D eigenvalue weighted by atomic mass is 10.6. The maximum atomic E-state index is 10.4. The Labute approximate surface area is 84.3 Å². The first-order chi connectivity index (χ1) is 7.02. The van der Waals surface area contributed by atoms with Gasteiger partial charge in [-0.1, -0.05) is 0 Å². The Morgan fingerprint density at radius 3 is 2.87 bits per heavy atom. The summed E-state index contributed by atoms with van der Waals surface area (Å²) < 4.78 is 1.26. The van der Waals surface area contributed by atoms with E-state index in [9.17, 15) is 10.1 Å². The molecule has 0 aromatic carbocycles. The van der Waals surface area contributed by atoms with Crippen LogP contribution in [-0.2, 0) is 7.05 Å². The molecule has 0 aliphatic rings. The second kappa shape index (κ2) is 4.17. The summed E-state index contributed by atoms with van der Waals surface area (Å²) in [5, 5.41) is 17.3. The van der Waals surface area contributed by atoms with Crippen molar-refractivity contribution in [2.24, 2.45) is 28.7 Å². The van der Waals surface area contributed by atoms with Gasteiger partial charge in [0, 0.05) is 0 Å². The van der Waals surface area contributed by atoms with Crippen molar-refractivity contribution in [2.45, 2.75) is 0 Å². The summed E-state index contributed by atoms with van der Waals surface area (Å²) in [7, 11) is 1.49. The molecule has 0 amide bonds. The van der Waals surface area contributed by atoms with Crippen molar-refractivity contribution in [3.05, 3.63) is 22.1 Å². The first-order valence-corrected chi connectivity index (χ1v) is 3.80. The lowest BCUT2D eigenvalue weighted by Gasteiger charge is -1.92. The minimum atomic E-state index is -0.551. The summed E-state index contributed by atoms with van der Waals surface area (Å²) in [6.07, 6.45) is 2.34. The van der Waals surface area contributed by atoms with Crippen molar-refractivity contribution < 1.29 is 4.92 Å². The van der Waals surface area contributed by atoms with Gasteiger partial charge in [0.25, 0.3) is 0 Å². The van der Waals surface area contributed by atoms with Gasteiger partial charge < -0.3 is 21.6 Å². The lowest BCUT2D eigenvalue weighted by molar-refractivity contribution is -0.391. The molecule has 0 spiro atoms. The highest BCUT2D eigenvalue weighted by molar-refractivity contribution is 5.79. The van der Waals surface area contributed by atoms with Crippen molar-refractivity contribution in [3.8, 4) is 0 Å². The van der Waals surface area contributed by atoms with Crippen LogP contribution < -0.4 is 11.5 Å². The van der Waals surface area contributed by atoms with Crippen LogP contribution in [0.15, 0.2) is 16.4 Å². The van der Waals surface area contributed by atoms with Crippen LogP contribution >= 0.6 is 0 Å². The molecule has 1 aromatic rings. The van der Waals surface area contributed by atoms with Crippen molar-refractivity contribution in [1.82, 2.24) is 9.55 Å². The van der Waals surface area contributed by atoms with Gasteiger partial charge in [0.15, 0.2) is 0 Å². The van der Waals surface area contributed by atoms with Crippen molar-refractivity contribution in [2.75, 3.05) is 0 Å². The van der Waals surface area contributed by atoms with Crippen LogP contribution in [0, 0.1) is 10.1 Å². The van der Waals surface area contributed by atoms with Crippen LogP contribution in [0.4, 0.5) is 5.82 Å². The van der Waals surface area contributed by atoms with Crippen LogP contribution in [0.25, 0.3) is 0 Å². The summed E-state index contributed by atoms with van der Waals surface area (Å²) in [5.74, 6) is -0.0530.